The van der Waals surface area contributed by atoms with Gasteiger partial charge < -0.3 is 14.9 Å². The lowest BCUT2D eigenvalue weighted by molar-refractivity contribution is -0.120. The van der Waals surface area contributed by atoms with Gasteiger partial charge in [-0.25, -0.2) is 0 Å². The van der Waals surface area contributed by atoms with Crippen LogP contribution in [0.4, 0.5) is 0 Å². The summed E-state index contributed by atoms with van der Waals surface area (Å²) in [6, 6.07) is 4.64. The molecular weight excluding hydrogens is 220 g/mol. The van der Waals surface area contributed by atoms with Gasteiger partial charge in [0.05, 0.1) is 7.11 Å². The number of hydrogen-bond acceptors (Lipinski definition) is 4. The van der Waals surface area contributed by atoms with Crippen molar-refractivity contribution in [2.45, 2.75) is 19.4 Å². The number of carbonyl (C=O) groups excluding carboxylic acids is 1. The monoisotopic (exact) mass is 234 g/mol. The van der Waals surface area contributed by atoms with E-state index in [4.69, 9.17) is 4.74 Å². The van der Waals surface area contributed by atoms with Gasteiger partial charge in [0, 0.05) is 18.1 Å². The number of phenolic OH excluding ortho intramolecular Hbond substituents is 1. The fraction of sp³-hybridized carbons (Fsp3) is 0.308. The number of benzene rings is 1. The van der Waals surface area contributed by atoms with Crippen LogP contribution in [-0.2, 0) is 4.79 Å². The van der Waals surface area contributed by atoms with E-state index in [-0.39, 0.29) is 11.5 Å². The number of methoxy groups -OCH3 is 1. The fourth-order valence-corrected chi connectivity index (χ4v) is 2.10. The Morgan fingerprint density at radius 1 is 1.35 bits per heavy atom. The van der Waals surface area contributed by atoms with Gasteiger partial charge in [-0.3, -0.25) is 4.79 Å². The topological polar surface area (TPSA) is 66.8 Å². The smallest absolute Gasteiger partial charge is 0.192 e. The minimum atomic E-state index is -0.960. The molecule has 2 rings (SSSR count). The summed E-state index contributed by atoms with van der Waals surface area (Å²) in [6.07, 6.45) is -0.607. The highest BCUT2D eigenvalue weighted by molar-refractivity contribution is 6.26. The molecule has 4 nitrogen and oxygen atoms in total. The molecular formula is C13H14O4. The first-order valence-corrected chi connectivity index (χ1v) is 5.33. The minimum Gasteiger partial charge on any atom is -0.508 e. The predicted molar refractivity (Wildman–Crippen MR) is 62.9 cm³/mol. The number of aromatic hydroxyl groups is 1. The Balaban J connectivity index is 2.51. The molecule has 2 N–H and O–H groups in total. The molecule has 0 fully saturated rings. The number of rotatable bonds is 2. The number of Topliss-reactive ketones (excluding diaryl/α,β-unsaturated/α-hetero) is 1. The highest BCUT2D eigenvalue weighted by Gasteiger charge is 2.30. The fourth-order valence-electron chi connectivity index (χ4n) is 2.10. The average Bonchev–Trinajstić information content (AvgIpc) is 2.52. The van der Waals surface area contributed by atoms with Crippen LogP contribution < -0.4 is 4.74 Å². The Morgan fingerprint density at radius 3 is 2.59 bits per heavy atom. The molecule has 1 aromatic rings. The van der Waals surface area contributed by atoms with Crippen LogP contribution in [0.15, 0.2) is 23.8 Å². The zero-order valence-electron chi connectivity index (χ0n) is 9.73. The maximum Gasteiger partial charge on any atom is 0.192 e. The maximum absolute atomic E-state index is 11.8. The van der Waals surface area contributed by atoms with E-state index in [1.807, 2.05) is 0 Å². The number of hydrogen-bond donors (Lipinski definition) is 2. The second kappa shape index (κ2) is 4.22. The van der Waals surface area contributed by atoms with Crippen molar-refractivity contribution in [2.75, 3.05) is 7.11 Å². The summed E-state index contributed by atoms with van der Waals surface area (Å²) in [7, 11) is 1.49. The van der Waals surface area contributed by atoms with Crippen LogP contribution in [0.25, 0.3) is 5.57 Å². The van der Waals surface area contributed by atoms with Crippen molar-refractivity contribution in [2.24, 2.45) is 0 Å². The van der Waals surface area contributed by atoms with Gasteiger partial charge in [-0.05, 0) is 24.6 Å². The van der Waals surface area contributed by atoms with Gasteiger partial charge in [-0.2, -0.15) is 0 Å². The molecule has 0 unspecified atom stereocenters. The Hall–Kier alpha value is -1.81. The number of carbonyl (C=O) groups is 1. The number of aliphatic hydroxyl groups is 1. The summed E-state index contributed by atoms with van der Waals surface area (Å²) in [4.78, 5) is 11.8. The first-order valence-electron chi connectivity index (χ1n) is 5.33. The number of ketones is 1. The SMILES string of the molecule is COc1cc(O)cc(C2=C(C)C[C@H](O)C2=O)c1. The van der Waals surface area contributed by atoms with E-state index in [0.717, 1.165) is 5.57 Å². The zero-order chi connectivity index (χ0) is 12.6. The van der Waals surface area contributed by atoms with Crippen molar-refractivity contribution in [3.8, 4) is 11.5 Å². The van der Waals surface area contributed by atoms with E-state index < -0.39 is 6.10 Å². The average molecular weight is 234 g/mol. The molecule has 1 aliphatic carbocycles. The molecule has 0 saturated heterocycles. The first kappa shape index (κ1) is 11.7. The van der Waals surface area contributed by atoms with Crippen molar-refractivity contribution >= 4 is 11.4 Å². The predicted octanol–water partition coefficient (Wildman–Crippen LogP) is 1.51. The van der Waals surface area contributed by atoms with Gasteiger partial charge in [0.1, 0.15) is 17.6 Å². The van der Waals surface area contributed by atoms with E-state index in [1.165, 1.54) is 19.2 Å². The molecule has 0 aromatic heterocycles. The Bertz CT molecular complexity index is 502. The largest absolute Gasteiger partial charge is 0.508 e. The van der Waals surface area contributed by atoms with Crippen molar-refractivity contribution in [3.63, 3.8) is 0 Å². The third-order valence-electron chi connectivity index (χ3n) is 2.89. The molecule has 17 heavy (non-hydrogen) atoms. The summed E-state index contributed by atoms with van der Waals surface area (Å²) < 4.78 is 5.04. The standard InChI is InChI=1S/C13H14O4/c1-7-3-11(15)13(16)12(7)8-4-9(14)6-10(5-8)17-2/h4-6,11,14-15H,3H2,1-2H3/t11-/m0/s1. The molecule has 0 aliphatic heterocycles. The zero-order valence-corrected chi connectivity index (χ0v) is 9.73. The number of aliphatic hydroxyl groups excluding tert-OH is 1. The molecule has 1 aliphatic rings. The molecule has 0 spiro atoms. The third-order valence-corrected chi connectivity index (χ3v) is 2.89. The minimum absolute atomic E-state index is 0.0360. The van der Waals surface area contributed by atoms with Gasteiger partial charge in [0.2, 0.25) is 0 Å². The lowest BCUT2D eigenvalue weighted by Crippen LogP contribution is -2.14. The molecule has 1 aromatic carbocycles. The molecule has 0 radical (unpaired) electrons. The van der Waals surface area contributed by atoms with Crippen molar-refractivity contribution in [1.82, 2.24) is 0 Å². The van der Waals surface area contributed by atoms with Crippen molar-refractivity contribution < 1.29 is 19.7 Å². The van der Waals surface area contributed by atoms with E-state index in [9.17, 15) is 15.0 Å². The van der Waals surface area contributed by atoms with E-state index in [1.54, 1.807) is 13.0 Å². The highest BCUT2D eigenvalue weighted by Crippen LogP contribution is 2.34. The summed E-state index contributed by atoms with van der Waals surface area (Å²) in [6.45, 7) is 1.81. The molecule has 0 saturated carbocycles. The Kier molecular flexibility index (Phi) is 2.90. The van der Waals surface area contributed by atoms with Crippen LogP contribution in [0.5, 0.6) is 11.5 Å². The summed E-state index contributed by atoms with van der Waals surface area (Å²) >= 11 is 0. The number of phenols is 1. The van der Waals surface area contributed by atoms with Crippen LogP contribution in [0.2, 0.25) is 0 Å². The number of ether oxygens (including phenoxy) is 1. The summed E-state index contributed by atoms with van der Waals surface area (Å²) in [5.41, 5.74) is 1.89. The molecule has 90 valence electrons. The van der Waals surface area contributed by atoms with Gasteiger partial charge in [0.15, 0.2) is 5.78 Å². The van der Waals surface area contributed by atoms with Crippen LogP contribution in [0, 0.1) is 0 Å². The second-order valence-electron chi connectivity index (χ2n) is 4.16. The Labute approximate surface area is 99.2 Å². The van der Waals surface area contributed by atoms with E-state index >= 15 is 0 Å². The van der Waals surface area contributed by atoms with E-state index in [2.05, 4.69) is 0 Å². The van der Waals surface area contributed by atoms with Crippen LogP contribution in [-0.4, -0.2) is 29.2 Å². The second-order valence-corrected chi connectivity index (χ2v) is 4.16. The molecule has 0 heterocycles. The summed E-state index contributed by atoms with van der Waals surface area (Å²) in [5.74, 6) is 0.221. The lowest BCUT2D eigenvalue weighted by Gasteiger charge is -2.07. The maximum atomic E-state index is 11.8. The lowest BCUT2D eigenvalue weighted by atomic mass is 10.0. The van der Waals surface area contributed by atoms with Gasteiger partial charge in [-0.15, -0.1) is 0 Å². The molecule has 0 amide bonds. The normalized spacial score (nSPS) is 19.9. The van der Waals surface area contributed by atoms with E-state index in [0.29, 0.717) is 23.3 Å². The molecule has 1 atom stereocenters. The Morgan fingerprint density at radius 2 is 2.06 bits per heavy atom. The molecule has 4 heteroatoms. The van der Waals surface area contributed by atoms with Crippen molar-refractivity contribution in [3.05, 3.63) is 29.3 Å². The van der Waals surface area contributed by atoms with Gasteiger partial charge >= 0.3 is 0 Å². The first-order chi connectivity index (χ1) is 8.02. The summed E-state index contributed by atoms with van der Waals surface area (Å²) in [5, 5.41) is 19.1. The van der Waals surface area contributed by atoms with Gasteiger partial charge in [-0.1, -0.05) is 5.57 Å². The quantitative estimate of drug-likeness (QED) is 0.814. The van der Waals surface area contributed by atoms with Crippen LogP contribution in [0.3, 0.4) is 0 Å². The van der Waals surface area contributed by atoms with Crippen molar-refractivity contribution in [1.29, 1.82) is 0 Å². The van der Waals surface area contributed by atoms with Crippen LogP contribution >= 0.6 is 0 Å². The molecule has 0 bridgehead atoms. The van der Waals surface area contributed by atoms with Gasteiger partial charge in [0.25, 0.3) is 0 Å². The highest BCUT2D eigenvalue weighted by atomic mass is 16.5. The third kappa shape index (κ3) is 2.03. The van der Waals surface area contributed by atoms with Crippen LogP contribution in [0.1, 0.15) is 18.9 Å².